The van der Waals surface area contributed by atoms with E-state index >= 15 is 0 Å². The number of carbonyl (C=O) groups excluding carboxylic acids is 1. The van der Waals surface area contributed by atoms with Crippen LogP contribution in [0.4, 0.5) is 0 Å². The minimum absolute atomic E-state index is 0.127. The summed E-state index contributed by atoms with van der Waals surface area (Å²) in [5, 5.41) is 90.0. The van der Waals surface area contributed by atoms with Gasteiger partial charge in [-0.05, 0) is 30.2 Å². The fourth-order valence-electron chi connectivity index (χ4n) is 3.96. The molecule has 10 nitrogen and oxygen atoms in total. The molecule has 1 fully saturated rings. The van der Waals surface area contributed by atoms with E-state index in [2.05, 4.69) is 0 Å². The van der Waals surface area contributed by atoms with Gasteiger partial charge in [-0.2, -0.15) is 0 Å². The molecule has 172 valence electrons. The van der Waals surface area contributed by atoms with Gasteiger partial charge >= 0.3 is 0 Å². The molecule has 0 radical (unpaired) electrons. The molecule has 0 aromatic heterocycles. The Morgan fingerprint density at radius 3 is 2.19 bits per heavy atom. The lowest BCUT2D eigenvalue weighted by Gasteiger charge is -2.40. The molecular formula is C22H24O10. The molecule has 5 unspecified atom stereocenters. The van der Waals surface area contributed by atoms with E-state index in [1.165, 1.54) is 24.3 Å². The molecule has 1 saturated carbocycles. The highest BCUT2D eigenvalue weighted by Crippen LogP contribution is 2.47. The Balaban J connectivity index is 2.00. The summed E-state index contributed by atoms with van der Waals surface area (Å²) >= 11 is 0. The molecular weight excluding hydrogens is 424 g/mol. The number of hydrogen-bond acceptors (Lipinski definition) is 10. The summed E-state index contributed by atoms with van der Waals surface area (Å²) in [4.78, 5) is 12.7. The summed E-state index contributed by atoms with van der Waals surface area (Å²) in [5.41, 5.74) is -0.568. The number of rotatable bonds is 5. The zero-order chi connectivity index (χ0) is 23.7. The Morgan fingerprint density at radius 1 is 0.875 bits per heavy atom. The van der Waals surface area contributed by atoms with E-state index in [-0.39, 0.29) is 17.7 Å². The lowest BCUT2D eigenvalue weighted by molar-refractivity contribution is -0.127. The second-order valence-corrected chi connectivity index (χ2v) is 7.75. The minimum atomic E-state index is -1.68. The van der Waals surface area contributed by atoms with Crippen molar-refractivity contribution in [1.82, 2.24) is 0 Å². The summed E-state index contributed by atoms with van der Waals surface area (Å²) in [6.07, 6.45) is -2.64. The van der Waals surface area contributed by atoms with Crippen LogP contribution in [0.5, 0.6) is 28.7 Å². The second kappa shape index (κ2) is 9.05. The van der Waals surface area contributed by atoms with Crippen molar-refractivity contribution in [2.75, 3.05) is 6.61 Å². The van der Waals surface area contributed by atoms with E-state index in [1.54, 1.807) is 0 Å². The number of carbonyl (C=O) groups is 1. The summed E-state index contributed by atoms with van der Waals surface area (Å²) in [6, 6.07) is 4.59. The van der Waals surface area contributed by atoms with Gasteiger partial charge in [0, 0.05) is 30.1 Å². The SMILES string of the molecule is O=C(/C=C/c1ccc(O)c(O)c1)c1c(O)cc(O)c(C2CC(CO)C(O)C(O)C2O)c1O. The van der Waals surface area contributed by atoms with Crippen molar-refractivity contribution >= 4 is 11.9 Å². The van der Waals surface area contributed by atoms with E-state index in [1.807, 2.05) is 0 Å². The van der Waals surface area contributed by atoms with Crippen molar-refractivity contribution < 1.29 is 50.8 Å². The van der Waals surface area contributed by atoms with Crippen LogP contribution in [-0.4, -0.2) is 76.7 Å². The number of aliphatic hydroxyl groups is 4. The van der Waals surface area contributed by atoms with Crippen LogP contribution in [-0.2, 0) is 0 Å². The Labute approximate surface area is 182 Å². The Bertz CT molecular complexity index is 1050. The molecule has 2 aromatic rings. The molecule has 0 amide bonds. The molecule has 2 aromatic carbocycles. The van der Waals surface area contributed by atoms with Gasteiger partial charge in [0.2, 0.25) is 0 Å². The third-order valence-electron chi connectivity index (χ3n) is 5.73. The number of ketones is 1. The first-order chi connectivity index (χ1) is 15.1. The number of aliphatic hydroxyl groups excluding tert-OH is 4. The number of phenolic OH excluding ortho intramolecular Hbond substituents is 5. The molecule has 9 N–H and O–H groups in total. The van der Waals surface area contributed by atoms with Gasteiger partial charge in [0.05, 0.1) is 12.2 Å². The molecule has 5 atom stereocenters. The van der Waals surface area contributed by atoms with Crippen molar-refractivity contribution in [3.8, 4) is 28.7 Å². The quantitative estimate of drug-likeness (QED) is 0.174. The average Bonchev–Trinajstić information content (AvgIpc) is 2.74. The molecule has 3 rings (SSSR count). The molecule has 0 aliphatic heterocycles. The molecule has 32 heavy (non-hydrogen) atoms. The lowest BCUT2D eigenvalue weighted by atomic mass is 9.72. The van der Waals surface area contributed by atoms with Gasteiger partial charge in [-0.25, -0.2) is 0 Å². The van der Waals surface area contributed by atoms with Crippen molar-refractivity contribution in [3.63, 3.8) is 0 Å². The van der Waals surface area contributed by atoms with Crippen LogP contribution < -0.4 is 0 Å². The zero-order valence-corrected chi connectivity index (χ0v) is 16.7. The number of aromatic hydroxyl groups is 5. The maximum Gasteiger partial charge on any atom is 0.193 e. The van der Waals surface area contributed by atoms with E-state index < -0.39 is 71.1 Å². The van der Waals surface area contributed by atoms with E-state index in [0.717, 1.165) is 12.1 Å². The largest absolute Gasteiger partial charge is 0.507 e. The van der Waals surface area contributed by atoms with E-state index in [9.17, 15) is 50.8 Å². The van der Waals surface area contributed by atoms with Crippen LogP contribution >= 0.6 is 0 Å². The van der Waals surface area contributed by atoms with E-state index in [0.29, 0.717) is 5.56 Å². The number of allylic oxidation sites excluding steroid dienone is 1. The fourth-order valence-corrected chi connectivity index (χ4v) is 3.96. The molecule has 10 heteroatoms. The second-order valence-electron chi connectivity index (χ2n) is 7.75. The summed E-state index contributed by atoms with van der Waals surface area (Å²) in [6.45, 7) is -0.533. The van der Waals surface area contributed by atoms with Crippen molar-refractivity contribution in [1.29, 1.82) is 0 Å². The molecule has 1 aliphatic rings. The first-order valence-corrected chi connectivity index (χ1v) is 9.74. The van der Waals surface area contributed by atoms with Crippen molar-refractivity contribution in [2.24, 2.45) is 5.92 Å². The highest BCUT2D eigenvalue weighted by atomic mass is 16.4. The molecule has 0 spiro atoms. The van der Waals surface area contributed by atoms with E-state index in [4.69, 9.17) is 0 Å². The number of benzene rings is 2. The molecule has 1 aliphatic carbocycles. The molecule has 0 saturated heterocycles. The monoisotopic (exact) mass is 448 g/mol. The standard InChI is InChI=1S/C22H24O10/c23-8-10-6-11(20(30)22(32)19(10)29)17-15(27)7-16(28)18(21(17)31)13(25)4-2-9-1-3-12(24)14(26)5-9/h1-5,7,10-11,19-20,22-24,26-32H,6,8H2/b4-2+. The fraction of sp³-hybridized carbons (Fsp3) is 0.318. The van der Waals surface area contributed by atoms with Gasteiger partial charge in [-0.1, -0.05) is 12.1 Å². The third-order valence-corrected chi connectivity index (χ3v) is 5.73. The predicted octanol–water partition coefficient (Wildman–Crippen LogP) is 0.289. The predicted molar refractivity (Wildman–Crippen MR) is 111 cm³/mol. The maximum absolute atomic E-state index is 12.7. The Morgan fingerprint density at radius 2 is 1.56 bits per heavy atom. The third kappa shape index (κ3) is 4.21. The topological polar surface area (TPSA) is 199 Å². The van der Waals surface area contributed by atoms with Gasteiger partial charge in [-0.3, -0.25) is 4.79 Å². The maximum atomic E-state index is 12.7. The van der Waals surface area contributed by atoms with Crippen molar-refractivity contribution in [3.05, 3.63) is 47.0 Å². The van der Waals surface area contributed by atoms with Crippen LogP contribution in [0.25, 0.3) is 6.08 Å². The highest BCUT2D eigenvalue weighted by Gasteiger charge is 2.45. The summed E-state index contributed by atoms with van der Waals surface area (Å²) in [7, 11) is 0. The molecule has 0 bridgehead atoms. The lowest BCUT2D eigenvalue weighted by Crippen LogP contribution is -2.51. The van der Waals surface area contributed by atoms with Gasteiger partial charge in [0.1, 0.15) is 28.9 Å². The van der Waals surface area contributed by atoms with Crippen molar-refractivity contribution in [2.45, 2.75) is 30.7 Å². The molecule has 0 heterocycles. The average molecular weight is 448 g/mol. The van der Waals surface area contributed by atoms with Gasteiger partial charge < -0.3 is 46.0 Å². The Hall–Kier alpha value is -3.31. The van der Waals surface area contributed by atoms with Crippen LogP contribution in [0.2, 0.25) is 0 Å². The Kier molecular flexibility index (Phi) is 6.60. The van der Waals surface area contributed by atoms with Gasteiger partial charge in [-0.15, -0.1) is 0 Å². The number of phenols is 5. The van der Waals surface area contributed by atoms with Gasteiger partial charge in [0.25, 0.3) is 0 Å². The first kappa shape index (κ1) is 23.4. The number of hydrogen-bond donors (Lipinski definition) is 9. The summed E-state index contributed by atoms with van der Waals surface area (Å²) in [5.74, 6) is -5.88. The van der Waals surface area contributed by atoms with Gasteiger partial charge in [0.15, 0.2) is 17.3 Å². The smallest absolute Gasteiger partial charge is 0.193 e. The van der Waals surface area contributed by atoms with Crippen LogP contribution in [0.15, 0.2) is 30.3 Å². The minimum Gasteiger partial charge on any atom is -0.507 e. The van der Waals surface area contributed by atoms with Crippen LogP contribution in [0, 0.1) is 5.92 Å². The van der Waals surface area contributed by atoms with Crippen LogP contribution in [0.1, 0.15) is 33.8 Å². The highest BCUT2D eigenvalue weighted by molar-refractivity contribution is 6.11. The first-order valence-electron chi connectivity index (χ1n) is 9.74. The normalized spacial score (nSPS) is 25.8. The zero-order valence-electron chi connectivity index (χ0n) is 16.7. The van der Waals surface area contributed by atoms with Crippen LogP contribution in [0.3, 0.4) is 0 Å². The summed E-state index contributed by atoms with van der Waals surface area (Å²) < 4.78 is 0.